The quantitative estimate of drug-likeness (QED) is 0.221. The zero-order valence-electron chi connectivity index (χ0n) is 21.8. The van der Waals surface area contributed by atoms with Crippen molar-refractivity contribution in [3.05, 3.63) is 125 Å². The molecule has 0 aliphatic carbocycles. The number of carbonyl (C=O) groups is 1. The Morgan fingerprint density at radius 1 is 0.744 bits per heavy atom. The molecule has 0 spiro atoms. The lowest BCUT2D eigenvalue weighted by molar-refractivity contribution is -0.275. The second kappa shape index (κ2) is 11.5. The van der Waals surface area contributed by atoms with Crippen LogP contribution < -0.4 is 14.8 Å². The number of ether oxygens (including phenoxy) is 2. The highest BCUT2D eigenvalue weighted by Crippen LogP contribution is 2.42. The summed E-state index contributed by atoms with van der Waals surface area (Å²) in [6, 6.07) is 24.9. The Balaban J connectivity index is 1.55. The normalized spacial score (nSPS) is 16.9. The summed E-state index contributed by atoms with van der Waals surface area (Å²) in [4.78, 5) is 13.5. The van der Waals surface area contributed by atoms with Gasteiger partial charge in [0.1, 0.15) is 11.5 Å². The first-order valence-corrected chi connectivity index (χ1v) is 12.9. The molecule has 0 aromatic heterocycles. The molecule has 0 bridgehead atoms. The van der Waals surface area contributed by atoms with Crippen LogP contribution in [-0.2, 0) is 5.41 Å². The summed E-state index contributed by atoms with van der Waals surface area (Å²) >= 11 is 6.12. The second-order valence-electron chi connectivity index (χ2n) is 9.36. The molecule has 0 saturated heterocycles. The van der Waals surface area contributed by atoms with Gasteiger partial charge in [-0.2, -0.15) is 5.10 Å². The minimum absolute atomic E-state index is 0.0739. The summed E-state index contributed by atoms with van der Waals surface area (Å²) in [5.41, 5.74) is 1.22. The van der Waals surface area contributed by atoms with Crippen molar-refractivity contribution in [3.8, 4) is 11.5 Å². The van der Waals surface area contributed by atoms with Crippen LogP contribution in [0.5, 0.6) is 11.5 Å². The van der Waals surface area contributed by atoms with Gasteiger partial charge < -0.3 is 14.8 Å². The molecule has 0 saturated carbocycles. The van der Waals surface area contributed by atoms with Gasteiger partial charge in [0.2, 0.25) is 0 Å². The minimum atomic E-state index is -4.88. The number of nitrogens with one attached hydrogen (secondary N) is 1. The fourth-order valence-electron chi connectivity index (χ4n) is 4.78. The first kappa shape index (κ1) is 29.8. The number of urea groups is 1. The molecular weight excluding hydrogens is 600 g/mol. The lowest BCUT2D eigenvalue weighted by Crippen LogP contribution is -2.42. The number of hydrogen-bond donors (Lipinski definition) is 1. The Bertz CT molecular complexity index is 1610. The van der Waals surface area contributed by atoms with E-state index >= 15 is 0 Å². The highest BCUT2D eigenvalue weighted by molar-refractivity contribution is 6.30. The summed E-state index contributed by atoms with van der Waals surface area (Å²) in [7, 11) is 0. The van der Waals surface area contributed by atoms with E-state index in [0.29, 0.717) is 27.4 Å². The lowest BCUT2D eigenvalue weighted by atomic mass is 9.69. The van der Waals surface area contributed by atoms with E-state index in [-0.39, 0.29) is 12.2 Å². The Labute approximate surface area is 246 Å². The van der Waals surface area contributed by atoms with Crippen LogP contribution in [0.3, 0.4) is 0 Å². The van der Waals surface area contributed by atoms with E-state index in [2.05, 4.69) is 19.9 Å². The number of nitrogens with zero attached hydrogens (tertiary/aromatic N) is 2. The number of hydrazone groups is 1. The third kappa shape index (κ3) is 6.86. The van der Waals surface area contributed by atoms with E-state index < -0.39 is 35.7 Å². The average molecular weight is 620 g/mol. The number of rotatable bonds is 6. The smallest absolute Gasteiger partial charge is 0.406 e. The fraction of sp³-hybridized carbons (Fsp3) is 0.133. The number of carbonyl (C=O) groups excluding carboxylic acids is 1. The summed E-state index contributed by atoms with van der Waals surface area (Å²) in [5.74, 6) is -0.884. The molecule has 1 atom stereocenters. The van der Waals surface area contributed by atoms with Gasteiger partial charge in [0, 0.05) is 10.7 Å². The van der Waals surface area contributed by atoms with Gasteiger partial charge in [-0.15, -0.1) is 26.3 Å². The summed E-state index contributed by atoms with van der Waals surface area (Å²) in [5, 5.41) is 8.86. The predicted octanol–water partition coefficient (Wildman–Crippen LogP) is 8.38. The molecule has 43 heavy (non-hydrogen) atoms. The van der Waals surface area contributed by atoms with E-state index in [0.717, 1.165) is 17.1 Å². The van der Waals surface area contributed by atoms with Crippen LogP contribution in [0.15, 0.2) is 108 Å². The molecular formula is C30H20ClF6N3O3. The molecule has 0 fully saturated rings. The molecule has 1 N–H and O–H groups in total. The third-order valence-electron chi connectivity index (χ3n) is 6.55. The molecule has 1 aliphatic heterocycles. The maximum Gasteiger partial charge on any atom is 0.573 e. The van der Waals surface area contributed by atoms with Crippen LogP contribution in [0.4, 0.5) is 36.8 Å². The first-order chi connectivity index (χ1) is 20.3. The zero-order chi connectivity index (χ0) is 30.8. The standard InChI is InChI=1S/C30H20ClF6N3O3/c31-22-10-6-19(7-11-22)26-28(20-4-2-1-3-5-20,21-8-14-24(15-9-21)42-29(32,33)34)18-40(39-26)27(41)38-23-12-16-25(17-13-23)43-30(35,36)37/h1-17H,18H2,(H,38,41). The Kier molecular flexibility index (Phi) is 7.98. The molecule has 1 heterocycles. The number of amides is 2. The van der Waals surface area contributed by atoms with Gasteiger partial charge in [-0.25, -0.2) is 9.80 Å². The highest BCUT2D eigenvalue weighted by atomic mass is 35.5. The predicted molar refractivity (Wildman–Crippen MR) is 147 cm³/mol. The maximum absolute atomic E-state index is 13.5. The van der Waals surface area contributed by atoms with E-state index in [9.17, 15) is 31.1 Å². The van der Waals surface area contributed by atoms with E-state index in [1.165, 1.54) is 36.4 Å². The van der Waals surface area contributed by atoms with Crippen molar-refractivity contribution < 1.29 is 40.6 Å². The van der Waals surface area contributed by atoms with Gasteiger partial charge in [0.05, 0.1) is 17.7 Å². The molecule has 5 rings (SSSR count). The number of anilines is 1. The summed E-state index contributed by atoms with van der Waals surface area (Å²) in [6.07, 6.45) is -9.75. The van der Waals surface area contributed by atoms with Crippen molar-refractivity contribution in [2.45, 2.75) is 18.1 Å². The maximum atomic E-state index is 13.5. The second-order valence-corrected chi connectivity index (χ2v) is 9.80. The van der Waals surface area contributed by atoms with Crippen LogP contribution >= 0.6 is 11.6 Å². The van der Waals surface area contributed by atoms with Gasteiger partial charge in [-0.05, 0) is 65.2 Å². The molecule has 4 aromatic rings. The monoisotopic (exact) mass is 619 g/mol. The van der Waals surface area contributed by atoms with Crippen molar-refractivity contribution >= 4 is 29.0 Å². The Morgan fingerprint density at radius 2 is 1.26 bits per heavy atom. The largest absolute Gasteiger partial charge is 0.573 e. The van der Waals surface area contributed by atoms with E-state index in [1.807, 2.05) is 12.1 Å². The molecule has 1 unspecified atom stereocenters. The SMILES string of the molecule is O=C(Nc1ccc(OC(F)(F)F)cc1)N1CC(c2ccccc2)(c2ccc(OC(F)(F)F)cc2)C(c2ccc(Cl)cc2)=N1. The van der Waals surface area contributed by atoms with Crippen LogP contribution in [-0.4, -0.2) is 36.0 Å². The number of halogens is 7. The fourth-order valence-corrected chi connectivity index (χ4v) is 4.91. The van der Waals surface area contributed by atoms with Gasteiger partial charge in [-0.3, -0.25) is 0 Å². The topological polar surface area (TPSA) is 63.2 Å². The van der Waals surface area contributed by atoms with E-state index in [1.54, 1.807) is 42.5 Å². The third-order valence-corrected chi connectivity index (χ3v) is 6.80. The molecule has 4 aromatic carbocycles. The Hall–Kier alpha value is -4.71. The summed E-state index contributed by atoms with van der Waals surface area (Å²) < 4.78 is 84.1. The average Bonchev–Trinajstić information content (AvgIpc) is 3.36. The van der Waals surface area contributed by atoms with Gasteiger partial charge in [0.15, 0.2) is 0 Å². The lowest BCUT2D eigenvalue weighted by Gasteiger charge is -2.32. The van der Waals surface area contributed by atoms with Crippen LogP contribution in [0.1, 0.15) is 16.7 Å². The summed E-state index contributed by atoms with van der Waals surface area (Å²) in [6.45, 7) is -0.0739. The number of alkyl halides is 6. The molecule has 222 valence electrons. The van der Waals surface area contributed by atoms with E-state index in [4.69, 9.17) is 11.6 Å². The highest BCUT2D eigenvalue weighted by Gasteiger charge is 2.48. The number of hydrogen-bond acceptors (Lipinski definition) is 4. The molecule has 2 amide bonds. The van der Waals surface area contributed by atoms with Gasteiger partial charge >= 0.3 is 18.8 Å². The number of benzene rings is 4. The molecule has 13 heteroatoms. The van der Waals surface area contributed by atoms with Crippen molar-refractivity contribution in [1.82, 2.24) is 5.01 Å². The minimum Gasteiger partial charge on any atom is -0.406 e. The van der Waals surface area contributed by atoms with Crippen molar-refractivity contribution in [2.24, 2.45) is 5.10 Å². The van der Waals surface area contributed by atoms with Crippen molar-refractivity contribution in [1.29, 1.82) is 0 Å². The van der Waals surface area contributed by atoms with Crippen molar-refractivity contribution in [3.63, 3.8) is 0 Å². The van der Waals surface area contributed by atoms with Crippen molar-refractivity contribution in [2.75, 3.05) is 11.9 Å². The zero-order valence-corrected chi connectivity index (χ0v) is 22.5. The van der Waals surface area contributed by atoms with Gasteiger partial charge in [-0.1, -0.05) is 66.2 Å². The molecule has 1 aliphatic rings. The van der Waals surface area contributed by atoms with Gasteiger partial charge in [0.25, 0.3) is 0 Å². The molecule has 0 radical (unpaired) electrons. The first-order valence-electron chi connectivity index (χ1n) is 12.5. The van der Waals surface area contributed by atoms with Crippen LogP contribution in [0.25, 0.3) is 0 Å². The Morgan fingerprint density at radius 3 is 1.79 bits per heavy atom. The van der Waals surface area contributed by atoms with Crippen LogP contribution in [0.2, 0.25) is 5.02 Å². The van der Waals surface area contributed by atoms with Crippen LogP contribution in [0, 0.1) is 0 Å². The molecule has 6 nitrogen and oxygen atoms in total.